The van der Waals surface area contributed by atoms with Gasteiger partial charge in [0.25, 0.3) is 5.91 Å². The molecular formula is C20H33N5O3. The molecule has 156 valence electrons. The summed E-state index contributed by atoms with van der Waals surface area (Å²) in [7, 11) is 1.76. The van der Waals surface area contributed by atoms with Crippen LogP contribution in [0.5, 0.6) is 0 Å². The van der Waals surface area contributed by atoms with E-state index in [0.717, 1.165) is 44.9 Å². The first-order chi connectivity index (χ1) is 13.4. The molecular weight excluding hydrogens is 358 g/mol. The smallest absolute Gasteiger partial charge is 0.254 e. The molecule has 0 aromatic carbocycles. The minimum absolute atomic E-state index is 0.0525. The summed E-state index contributed by atoms with van der Waals surface area (Å²) in [4.78, 5) is 20.7. The molecule has 1 heterocycles. The van der Waals surface area contributed by atoms with Crippen LogP contribution in [0.15, 0.2) is 6.20 Å². The van der Waals surface area contributed by atoms with E-state index < -0.39 is 11.5 Å². The predicted octanol–water partition coefficient (Wildman–Crippen LogP) is 2.44. The van der Waals surface area contributed by atoms with Gasteiger partial charge in [-0.3, -0.25) is 4.79 Å². The Labute approximate surface area is 166 Å². The number of methoxy groups -OCH3 is 1. The number of ether oxygens (including phenoxy) is 1. The first-order valence-electron chi connectivity index (χ1n) is 10.4. The zero-order chi connectivity index (χ0) is 20.1. The topological polar surface area (TPSA) is 122 Å². The lowest BCUT2D eigenvalue weighted by atomic mass is 9.80. The Morgan fingerprint density at radius 1 is 1.29 bits per heavy atom. The fourth-order valence-corrected chi connectivity index (χ4v) is 4.35. The maximum absolute atomic E-state index is 11.8. The van der Waals surface area contributed by atoms with Gasteiger partial charge in [-0.15, -0.1) is 0 Å². The van der Waals surface area contributed by atoms with Crippen molar-refractivity contribution in [1.82, 2.24) is 9.97 Å². The molecule has 8 nitrogen and oxygen atoms in total. The van der Waals surface area contributed by atoms with Crippen molar-refractivity contribution in [2.24, 2.45) is 5.73 Å². The van der Waals surface area contributed by atoms with E-state index in [9.17, 15) is 9.90 Å². The molecule has 8 heteroatoms. The highest BCUT2D eigenvalue weighted by Gasteiger charge is 2.33. The fourth-order valence-electron chi connectivity index (χ4n) is 4.35. The van der Waals surface area contributed by atoms with Gasteiger partial charge in [0.05, 0.1) is 17.3 Å². The summed E-state index contributed by atoms with van der Waals surface area (Å²) in [5.41, 5.74) is 5.14. The van der Waals surface area contributed by atoms with Crippen molar-refractivity contribution in [3.05, 3.63) is 11.8 Å². The Morgan fingerprint density at radius 2 is 2.04 bits per heavy atom. The Bertz CT molecular complexity index is 678. The summed E-state index contributed by atoms with van der Waals surface area (Å²) >= 11 is 0. The summed E-state index contributed by atoms with van der Waals surface area (Å²) in [6, 6.07) is 0.343. The molecule has 2 atom stereocenters. The predicted molar refractivity (Wildman–Crippen MR) is 108 cm³/mol. The van der Waals surface area contributed by atoms with Gasteiger partial charge in [0, 0.05) is 25.4 Å². The molecule has 0 aliphatic heterocycles. The number of amides is 1. The van der Waals surface area contributed by atoms with Gasteiger partial charge in [0.2, 0.25) is 5.95 Å². The highest BCUT2D eigenvalue weighted by Crippen LogP contribution is 2.33. The number of nitrogens with zero attached hydrogens (tertiary/aromatic N) is 2. The number of aliphatic hydroxyl groups is 1. The molecule has 0 radical (unpaired) electrons. The van der Waals surface area contributed by atoms with Gasteiger partial charge in [-0.05, 0) is 57.8 Å². The van der Waals surface area contributed by atoms with Crippen LogP contribution in [0.1, 0.15) is 75.1 Å². The second-order valence-corrected chi connectivity index (χ2v) is 8.19. The van der Waals surface area contributed by atoms with Gasteiger partial charge in [0.15, 0.2) is 0 Å². The zero-order valence-corrected chi connectivity index (χ0v) is 16.9. The minimum atomic E-state index is -0.656. The van der Waals surface area contributed by atoms with Crippen LogP contribution in [0, 0.1) is 0 Å². The van der Waals surface area contributed by atoms with Crippen LogP contribution >= 0.6 is 0 Å². The number of carbonyl (C=O) groups is 1. The Kier molecular flexibility index (Phi) is 6.72. The van der Waals surface area contributed by atoms with Crippen molar-refractivity contribution in [3.63, 3.8) is 0 Å². The minimum Gasteiger partial charge on any atom is -0.390 e. The fraction of sp³-hybridized carbons (Fsp3) is 0.750. The molecule has 0 bridgehead atoms. The third-order valence-corrected chi connectivity index (χ3v) is 6.22. The van der Waals surface area contributed by atoms with Crippen LogP contribution in [0.4, 0.5) is 11.8 Å². The van der Waals surface area contributed by atoms with E-state index in [1.165, 1.54) is 6.20 Å². The van der Waals surface area contributed by atoms with E-state index in [1.807, 2.05) is 6.92 Å². The molecule has 0 saturated heterocycles. The molecule has 1 aromatic rings. The van der Waals surface area contributed by atoms with Crippen LogP contribution in [0.3, 0.4) is 0 Å². The van der Waals surface area contributed by atoms with E-state index in [-0.39, 0.29) is 11.6 Å². The number of nitrogens with two attached hydrogens (primary N) is 1. The zero-order valence-electron chi connectivity index (χ0n) is 16.9. The first kappa shape index (κ1) is 20.8. The lowest BCUT2D eigenvalue weighted by molar-refractivity contribution is -0.00327. The van der Waals surface area contributed by atoms with Crippen molar-refractivity contribution in [2.75, 3.05) is 17.7 Å². The summed E-state index contributed by atoms with van der Waals surface area (Å²) in [5.74, 6) is 0.382. The van der Waals surface area contributed by atoms with Gasteiger partial charge in [0.1, 0.15) is 5.82 Å². The van der Waals surface area contributed by atoms with Crippen molar-refractivity contribution in [1.29, 1.82) is 0 Å². The molecule has 1 aromatic heterocycles. The highest BCUT2D eigenvalue weighted by molar-refractivity contribution is 5.97. The second kappa shape index (κ2) is 9.05. The Balaban J connectivity index is 1.70. The number of hydrogen-bond donors (Lipinski definition) is 4. The quantitative estimate of drug-likeness (QED) is 0.563. The van der Waals surface area contributed by atoms with Crippen LogP contribution in [0.2, 0.25) is 0 Å². The largest absolute Gasteiger partial charge is 0.390 e. The van der Waals surface area contributed by atoms with Crippen molar-refractivity contribution >= 4 is 17.7 Å². The van der Waals surface area contributed by atoms with Gasteiger partial charge in [-0.1, -0.05) is 6.92 Å². The maximum Gasteiger partial charge on any atom is 0.254 e. The van der Waals surface area contributed by atoms with E-state index in [0.29, 0.717) is 36.8 Å². The third-order valence-electron chi connectivity index (χ3n) is 6.22. The first-order valence-corrected chi connectivity index (χ1v) is 10.4. The van der Waals surface area contributed by atoms with E-state index in [2.05, 4.69) is 20.6 Å². The number of aromatic nitrogens is 2. The standard InChI is InChI=1S/C20H33N5O3/c1-3-20(27)10-4-5-14(11-20)23-18-16(17(21)26)12-22-19(25-18)24-13-6-8-15(28-2)9-7-13/h12-15,27H,3-11H2,1-2H3,(H2,21,26)(H2,22,23,24,25)/t13-,14-,15-,20+/m1/s1. The molecule has 28 heavy (non-hydrogen) atoms. The number of rotatable bonds is 7. The highest BCUT2D eigenvalue weighted by atomic mass is 16.5. The van der Waals surface area contributed by atoms with Gasteiger partial charge in [-0.2, -0.15) is 4.98 Å². The number of primary amides is 1. The molecule has 2 aliphatic carbocycles. The Morgan fingerprint density at radius 3 is 2.68 bits per heavy atom. The number of anilines is 2. The third kappa shape index (κ3) is 5.11. The van der Waals surface area contributed by atoms with Crippen molar-refractivity contribution in [2.45, 2.75) is 88.5 Å². The lowest BCUT2D eigenvalue weighted by Gasteiger charge is -2.36. The van der Waals surface area contributed by atoms with E-state index >= 15 is 0 Å². The van der Waals surface area contributed by atoms with E-state index in [1.54, 1.807) is 7.11 Å². The average molecular weight is 392 g/mol. The van der Waals surface area contributed by atoms with Crippen LogP contribution < -0.4 is 16.4 Å². The summed E-state index contributed by atoms with van der Waals surface area (Å²) < 4.78 is 5.42. The maximum atomic E-state index is 11.8. The molecule has 3 rings (SSSR count). The number of nitrogens with one attached hydrogen (secondary N) is 2. The van der Waals surface area contributed by atoms with Gasteiger partial charge >= 0.3 is 0 Å². The van der Waals surface area contributed by atoms with Crippen LogP contribution in [-0.4, -0.2) is 51.9 Å². The SMILES string of the molecule is CC[C@]1(O)CCC[C@@H](Nc2nc(N[C@H]3CC[C@H](OC)CC3)ncc2C(N)=O)C1. The summed E-state index contributed by atoms with van der Waals surface area (Å²) in [6.07, 6.45) is 9.85. The van der Waals surface area contributed by atoms with Crippen molar-refractivity contribution < 1.29 is 14.6 Å². The van der Waals surface area contributed by atoms with Gasteiger partial charge < -0.3 is 26.2 Å². The molecule has 1 amide bonds. The lowest BCUT2D eigenvalue weighted by Crippen LogP contribution is -2.40. The monoisotopic (exact) mass is 391 g/mol. The second-order valence-electron chi connectivity index (χ2n) is 8.19. The van der Waals surface area contributed by atoms with Crippen LogP contribution in [0.25, 0.3) is 0 Å². The number of hydrogen-bond acceptors (Lipinski definition) is 7. The average Bonchev–Trinajstić information content (AvgIpc) is 2.68. The molecule has 0 spiro atoms. The Hall–Kier alpha value is -1.93. The summed E-state index contributed by atoms with van der Waals surface area (Å²) in [5, 5.41) is 17.4. The molecule has 2 fully saturated rings. The summed E-state index contributed by atoms with van der Waals surface area (Å²) in [6.45, 7) is 2.00. The normalized spacial score (nSPS) is 30.6. The number of carbonyl (C=O) groups excluding carboxylic acids is 1. The van der Waals surface area contributed by atoms with Gasteiger partial charge in [-0.25, -0.2) is 4.98 Å². The molecule has 2 saturated carbocycles. The molecule has 5 N–H and O–H groups in total. The van der Waals surface area contributed by atoms with Crippen LogP contribution in [-0.2, 0) is 4.74 Å². The molecule has 0 unspecified atom stereocenters. The van der Waals surface area contributed by atoms with E-state index in [4.69, 9.17) is 10.5 Å². The molecule has 2 aliphatic rings. The van der Waals surface area contributed by atoms with Crippen molar-refractivity contribution in [3.8, 4) is 0 Å².